The first kappa shape index (κ1) is 19.0. The van der Waals surface area contributed by atoms with Crippen molar-refractivity contribution in [1.82, 2.24) is 0 Å². The molecular formula is C15H12BrF2NO3S2. The van der Waals surface area contributed by atoms with Gasteiger partial charge in [0.05, 0.1) is 11.0 Å². The summed E-state index contributed by atoms with van der Waals surface area (Å²) in [6.45, 7) is 0. The number of hydrogen-bond donors (Lipinski definition) is 2. The predicted octanol–water partition coefficient (Wildman–Crippen LogP) is 4.38. The van der Waals surface area contributed by atoms with Crippen LogP contribution in [0.3, 0.4) is 0 Å². The molecule has 128 valence electrons. The highest BCUT2D eigenvalue weighted by atomic mass is 79.9. The fourth-order valence-corrected chi connectivity index (χ4v) is 3.53. The summed E-state index contributed by atoms with van der Waals surface area (Å²) in [4.78, 5) is 12.0. The number of benzene rings is 2. The number of thioether (sulfide) groups is 1. The molecule has 9 heteroatoms. The lowest BCUT2D eigenvalue weighted by molar-refractivity contribution is 0.102. The largest absolute Gasteiger partial charge is 0.293 e. The van der Waals surface area contributed by atoms with Crippen molar-refractivity contribution in [3.05, 3.63) is 59.2 Å². The van der Waals surface area contributed by atoms with Gasteiger partial charge in [0.25, 0.3) is 11.3 Å². The molecule has 0 heterocycles. The maximum atomic E-state index is 13.7. The molecule has 1 atom stereocenters. The van der Waals surface area contributed by atoms with Crippen LogP contribution in [0.5, 0.6) is 0 Å². The minimum Gasteiger partial charge on any atom is -0.293 e. The van der Waals surface area contributed by atoms with Crippen LogP contribution in [-0.2, 0) is 17.0 Å². The maximum absolute atomic E-state index is 13.7. The number of ketones is 1. The summed E-state index contributed by atoms with van der Waals surface area (Å²) in [6.07, 6.45) is 0. The van der Waals surface area contributed by atoms with Crippen LogP contribution < -0.4 is 4.72 Å². The molecule has 2 N–H and O–H groups in total. The van der Waals surface area contributed by atoms with E-state index in [0.717, 1.165) is 23.9 Å². The van der Waals surface area contributed by atoms with E-state index in [0.29, 0.717) is 16.8 Å². The average molecular weight is 436 g/mol. The maximum Gasteiger partial charge on any atom is 0.259 e. The highest BCUT2D eigenvalue weighted by Crippen LogP contribution is 2.30. The van der Waals surface area contributed by atoms with Crippen molar-refractivity contribution >= 4 is 50.4 Å². The fourth-order valence-electron chi connectivity index (χ4n) is 1.91. The van der Waals surface area contributed by atoms with Crippen molar-refractivity contribution in [2.75, 3.05) is 10.1 Å². The van der Waals surface area contributed by atoms with E-state index in [4.69, 9.17) is 4.55 Å². The molecular weight excluding hydrogens is 424 g/mol. The van der Waals surface area contributed by atoms with Gasteiger partial charge in [-0.15, -0.1) is 11.8 Å². The van der Waals surface area contributed by atoms with Crippen molar-refractivity contribution in [2.45, 2.75) is 10.6 Å². The van der Waals surface area contributed by atoms with Gasteiger partial charge in [-0.25, -0.2) is 13.0 Å². The molecule has 2 aromatic carbocycles. The number of halogens is 3. The number of alkyl halides is 1. The van der Waals surface area contributed by atoms with Gasteiger partial charge >= 0.3 is 0 Å². The van der Waals surface area contributed by atoms with E-state index < -0.39 is 22.9 Å². The minimum atomic E-state index is -2.28. The Morgan fingerprint density at radius 3 is 2.62 bits per heavy atom. The number of carbonyl (C=O) groups excluding carboxylic acids is 1. The molecule has 2 aromatic rings. The Kier molecular flexibility index (Phi) is 6.90. The Bertz CT molecular complexity index is 789. The average Bonchev–Trinajstić information content (AvgIpc) is 2.54. The van der Waals surface area contributed by atoms with Gasteiger partial charge in [-0.2, -0.15) is 0 Å². The van der Waals surface area contributed by atoms with E-state index in [-0.39, 0.29) is 21.8 Å². The third-order valence-corrected chi connectivity index (χ3v) is 5.02. The Morgan fingerprint density at radius 2 is 2.00 bits per heavy atom. The van der Waals surface area contributed by atoms with Gasteiger partial charge < -0.3 is 0 Å². The van der Waals surface area contributed by atoms with E-state index in [1.54, 1.807) is 6.07 Å². The Hall–Kier alpha value is -1.29. The zero-order valence-electron chi connectivity index (χ0n) is 12.1. The first-order chi connectivity index (χ1) is 11.4. The lowest BCUT2D eigenvalue weighted by Gasteiger charge is -2.11. The third-order valence-electron chi connectivity index (χ3n) is 3.02. The van der Waals surface area contributed by atoms with E-state index >= 15 is 0 Å². The fraction of sp³-hybridized carbons (Fsp3) is 0.133. The molecule has 0 bridgehead atoms. The molecule has 0 radical (unpaired) electrons. The summed E-state index contributed by atoms with van der Waals surface area (Å²) >= 11 is 1.90. The minimum absolute atomic E-state index is 0.144. The van der Waals surface area contributed by atoms with Crippen molar-refractivity contribution in [1.29, 1.82) is 0 Å². The highest BCUT2D eigenvalue weighted by Gasteiger charge is 2.12. The molecule has 0 fully saturated rings. The molecule has 0 aromatic heterocycles. The summed E-state index contributed by atoms with van der Waals surface area (Å²) in [5, 5.41) is 0.144. The number of Topliss-reactive ketones (excluding diaryl/α,β-unsaturated/α-hetero) is 1. The van der Waals surface area contributed by atoms with Gasteiger partial charge in [-0.1, -0.05) is 15.9 Å². The van der Waals surface area contributed by atoms with Crippen LogP contribution >= 0.6 is 27.7 Å². The molecule has 0 saturated carbocycles. The zero-order valence-corrected chi connectivity index (χ0v) is 15.3. The summed E-state index contributed by atoms with van der Waals surface area (Å²) in [6, 6.07) is 7.88. The molecule has 24 heavy (non-hydrogen) atoms. The van der Waals surface area contributed by atoms with Crippen molar-refractivity contribution in [2.24, 2.45) is 0 Å². The van der Waals surface area contributed by atoms with E-state index in [9.17, 15) is 17.8 Å². The quantitative estimate of drug-likeness (QED) is 0.293. The van der Waals surface area contributed by atoms with E-state index in [1.165, 1.54) is 18.2 Å². The van der Waals surface area contributed by atoms with Gasteiger partial charge in [0.15, 0.2) is 5.78 Å². The number of anilines is 1. The number of carbonyl (C=O) groups is 1. The van der Waals surface area contributed by atoms with Crippen LogP contribution in [0.1, 0.15) is 15.9 Å². The second kappa shape index (κ2) is 8.70. The second-order valence-corrected chi connectivity index (χ2v) is 6.92. The Labute approximate surface area is 152 Å². The van der Waals surface area contributed by atoms with Crippen LogP contribution in [-0.4, -0.2) is 19.9 Å². The van der Waals surface area contributed by atoms with Gasteiger partial charge in [0, 0.05) is 22.3 Å². The molecule has 4 nitrogen and oxygen atoms in total. The van der Waals surface area contributed by atoms with Gasteiger partial charge in [-0.05, 0) is 35.9 Å². The summed E-state index contributed by atoms with van der Waals surface area (Å²) < 4.78 is 49.0. The van der Waals surface area contributed by atoms with Crippen molar-refractivity contribution in [3.63, 3.8) is 0 Å². The van der Waals surface area contributed by atoms with Gasteiger partial charge in [0.2, 0.25) is 0 Å². The number of rotatable bonds is 7. The lowest BCUT2D eigenvalue weighted by atomic mass is 10.1. The third kappa shape index (κ3) is 5.10. The van der Waals surface area contributed by atoms with E-state index in [2.05, 4.69) is 20.7 Å². The van der Waals surface area contributed by atoms with Crippen LogP contribution in [0, 0.1) is 11.6 Å². The molecule has 1 unspecified atom stereocenters. The topological polar surface area (TPSA) is 66.4 Å². The van der Waals surface area contributed by atoms with Crippen molar-refractivity contribution < 1.29 is 22.3 Å². The molecule has 0 spiro atoms. The smallest absolute Gasteiger partial charge is 0.259 e. The molecule has 0 amide bonds. The SMILES string of the molecule is O=C(CBr)c1ccc(NS(=O)O)c(CSc2ccc(F)cc2F)c1. The van der Waals surface area contributed by atoms with Crippen LogP contribution in [0.2, 0.25) is 0 Å². The molecule has 0 saturated heterocycles. The Morgan fingerprint density at radius 1 is 1.25 bits per heavy atom. The molecule has 2 rings (SSSR count). The van der Waals surface area contributed by atoms with Crippen LogP contribution in [0.25, 0.3) is 0 Å². The highest BCUT2D eigenvalue weighted by molar-refractivity contribution is 9.09. The molecule has 0 aliphatic heterocycles. The normalized spacial score (nSPS) is 12.0. The number of hydrogen-bond acceptors (Lipinski definition) is 3. The summed E-state index contributed by atoms with van der Waals surface area (Å²) in [7, 11) is 0. The van der Waals surface area contributed by atoms with Crippen LogP contribution in [0.15, 0.2) is 41.3 Å². The Balaban J connectivity index is 2.27. The molecule has 0 aliphatic rings. The lowest BCUT2D eigenvalue weighted by Crippen LogP contribution is -2.07. The first-order valence-corrected chi connectivity index (χ1v) is 9.79. The molecule has 0 aliphatic carbocycles. The summed E-state index contributed by atoms with van der Waals surface area (Å²) in [5.41, 5.74) is 1.34. The first-order valence-electron chi connectivity index (χ1n) is 6.58. The number of nitrogens with one attached hydrogen (secondary N) is 1. The van der Waals surface area contributed by atoms with Crippen molar-refractivity contribution in [3.8, 4) is 0 Å². The van der Waals surface area contributed by atoms with Gasteiger partial charge in [0.1, 0.15) is 11.6 Å². The van der Waals surface area contributed by atoms with E-state index in [1.807, 2.05) is 0 Å². The summed E-state index contributed by atoms with van der Waals surface area (Å²) in [5.74, 6) is -1.27. The predicted molar refractivity (Wildman–Crippen MR) is 94.9 cm³/mol. The van der Waals surface area contributed by atoms with Gasteiger partial charge in [-0.3, -0.25) is 14.1 Å². The zero-order chi connectivity index (χ0) is 17.7. The van der Waals surface area contributed by atoms with Crippen LogP contribution in [0.4, 0.5) is 14.5 Å². The monoisotopic (exact) mass is 435 g/mol. The second-order valence-electron chi connectivity index (χ2n) is 4.64. The standard InChI is InChI=1S/C15H12BrF2NO3S2/c16-7-14(20)9-1-3-13(19-24(21)22)10(5-9)8-23-15-4-2-11(17)6-12(15)18/h1-6,19H,7-8H2,(H,21,22).